The van der Waals surface area contributed by atoms with E-state index in [2.05, 4.69) is 50.0 Å². The van der Waals surface area contributed by atoms with Crippen LogP contribution in [0.3, 0.4) is 0 Å². The van der Waals surface area contributed by atoms with Gasteiger partial charge in [0.25, 0.3) is 5.91 Å². The molecule has 4 heterocycles. The van der Waals surface area contributed by atoms with Crippen LogP contribution in [0.5, 0.6) is 0 Å². The molecule has 1 aliphatic heterocycles. The monoisotopic (exact) mass is 526 g/mol. The first-order valence-corrected chi connectivity index (χ1v) is 13.2. The standard InChI is InChI=1S/C30H34N6O3/c1-34(2)30(39)22-6-4-20(5-7-22)21-11-14-36(15-12-21)19-24-16-26-25(10-13-31-29(26)35(24)3)23-8-9-27(32-17-23)33-18-28(37)38/h4-10,13,16-17,21H,11-12,14-15,18-19H2,1-3H3,(H,32,33)(H,37,38). The molecule has 9 heteroatoms. The van der Waals surface area contributed by atoms with Gasteiger partial charge in [0.1, 0.15) is 18.0 Å². The molecule has 0 bridgehead atoms. The van der Waals surface area contributed by atoms with Crippen molar-refractivity contribution < 1.29 is 14.7 Å². The highest BCUT2D eigenvalue weighted by atomic mass is 16.4. The molecular weight excluding hydrogens is 492 g/mol. The zero-order chi connectivity index (χ0) is 27.5. The second-order valence-corrected chi connectivity index (χ2v) is 10.3. The van der Waals surface area contributed by atoms with Crippen LogP contribution in [0.1, 0.15) is 40.4 Å². The normalized spacial score (nSPS) is 14.4. The first kappa shape index (κ1) is 26.4. The van der Waals surface area contributed by atoms with Crippen LogP contribution in [0.25, 0.3) is 22.2 Å². The predicted octanol–water partition coefficient (Wildman–Crippen LogP) is 4.21. The maximum atomic E-state index is 12.2. The molecule has 39 heavy (non-hydrogen) atoms. The first-order valence-electron chi connectivity index (χ1n) is 13.2. The van der Waals surface area contributed by atoms with Gasteiger partial charge < -0.3 is 19.9 Å². The Kier molecular flexibility index (Phi) is 7.60. The number of piperidine rings is 1. The minimum absolute atomic E-state index is 0.0324. The molecule has 1 fully saturated rings. The maximum absolute atomic E-state index is 12.2. The van der Waals surface area contributed by atoms with Crippen molar-refractivity contribution in [2.75, 3.05) is 39.0 Å². The van der Waals surface area contributed by atoms with Crippen molar-refractivity contribution in [1.82, 2.24) is 24.3 Å². The summed E-state index contributed by atoms with van der Waals surface area (Å²) < 4.78 is 2.17. The van der Waals surface area contributed by atoms with Crippen LogP contribution in [0.4, 0.5) is 5.82 Å². The number of pyridine rings is 2. The number of nitrogens with one attached hydrogen (secondary N) is 1. The van der Waals surface area contributed by atoms with Gasteiger partial charge in [0, 0.05) is 62.3 Å². The lowest BCUT2D eigenvalue weighted by atomic mass is 9.89. The Balaban J connectivity index is 1.26. The van der Waals surface area contributed by atoms with E-state index in [0.29, 0.717) is 11.7 Å². The number of fused-ring (bicyclic) bond motifs is 1. The summed E-state index contributed by atoms with van der Waals surface area (Å²) >= 11 is 0. The fourth-order valence-corrected chi connectivity index (χ4v) is 5.31. The van der Waals surface area contributed by atoms with Gasteiger partial charge in [-0.25, -0.2) is 9.97 Å². The maximum Gasteiger partial charge on any atom is 0.322 e. The number of carboxylic acid groups (broad SMARTS) is 1. The van der Waals surface area contributed by atoms with Crippen molar-refractivity contribution in [2.24, 2.45) is 7.05 Å². The smallest absolute Gasteiger partial charge is 0.322 e. The minimum Gasteiger partial charge on any atom is -0.480 e. The molecule has 4 aromatic rings. The summed E-state index contributed by atoms with van der Waals surface area (Å²) in [6.45, 7) is 2.71. The number of aryl methyl sites for hydroxylation is 1. The van der Waals surface area contributed by atoms with Gasteiger partial charge in [0.15, 0.2) is 0 Å². The fourth-order valence-electron chi connectivity index (χ4n) is 5.31. The Morgan fingerprint density at radius 1 is 1.05 bits per heavy atom. The van der Waals surface area contributed by atoms with Gasteiger partial charge in [-0.15, -0.1) is 0 Å². The average molecular weight is 527 g/mol. The van der Waals surface area contributed by atoms with Crippen molar-refractivity contribution in [3.63, 3.8) is 0 Å². The van der Waals surface area contributed by atoms with Crippen LogP contribution in [-0.4, -0.2) is 75.0 Å². The Labute approximate surface area is 228 Å². The summed E-state index contributed by atoms with van der Waals surface area (Å²) in [5.41, 5.74) is 6.18. The van der Waals surface area contributed by atoms with Crippen molar-refractivity contribution in [1.29, 1.82) is 0 Å². The number of aliphatic carboxylic acids is 1. The fraction of sp³-hybridized carbons (Fsp3) is 0.333. The number of likely N-dealkylation sites (tertiary alicyclic amines) is 1. The van der Waals surface area contributed by atoms with Gasteiger partial charge in [-0.1, -0.05) is 12.1 Å². The summed E-state index contributed by atoms with van der Waals surface area (Å²) in [4.78, 5) is 36.1. The van der Waals surface area contributed by atoms with E-state index in [1.165, 1.54) is 11.3 Å². The Morgan fingerprint density at radius 2 is 1.79 bits per heavy atom. The molecule has 0 atom stereocenters. The number of carboxylic acids is 1. The number of rotatable bonds is 8. The summed E-state index contributed by atoms with van der Waals surface area (Å²) in [7, 11) is 5.61. The van der Waals surface area contributed by atoms with Gasteiger partial charge in [0.2, 0.25) is 0 Å². The Hall–Kier alpha value is -4.24. The highest BCUT2D eigenvalue weighted by Gasteiger charge is 2.22. The number of anilines is 1. The van der Waals surface area contributed by atoms with Gasteiger partial charge >= 0.3 is 5.97 Å². The van der Waals surface area contributed by atoms with E-state index in [9.17, 15) is 9.59 Å². The molecule has 2 N–H and O–H groups in total. The zero-order valence-electron chi connectivity index (χ0n) is 22.6. The average Bonchev–Trinajstić information content (AvgIpc) is 3.27. The zero-order valence-corrected chi connectivity index (χ0v) is 22.6. The highest BCUT2D eigenvalue weighted by Crippen LogP contribution is 2.32. The van der Waals surface area contributed by atoms with E-state index < -0.39 is 5.97 Å². The Morgan fingerprint density at radius 3 is 2.44 bits per heavy atom. The lowest BCUT2D eigenvalue weighted by Gasteiger charge is -2.32. The summed E-state index contributed by atoms with van der Waals surface area (Å²) in [5.74, 6) is 0.141. The quantitative estimate of drug-likeness (QED) is 0.354. The summed E-state index contributed by atoms with van der Waals surface area (Å²) in [6.07, 6.45) is 5.75. The molecule has 202 valence electrons. The van der Waals surface area contributed by atoms with E-state index in [1.54, 1.807) is 31.3 Å². The minimum atomic E-state index is -0.926. The summed E-state index contributed by atoms with van der Waals surface area (Å²) in [6, 6.07) is 16.1. The van der Waals surface area contributed by atoms with Gasteiger partial charge in [-0.2, -0.15) is 0 Å². The number of carbonyl (C=O) groups excluding carboxylic acids is 1. The number of carbonyl (C=O) groups is 2. The SMILES string of the molecule is CN(C)C(=O)c1ccc(C2CCN(Cc3cc4c(-c5ccc(NCC(=O)O)nc5)ccnc4n3C)CC2)cc1. The van der Waals surface area contributed by atoms with E-state index in [-0.39, 0.29) is 12.5 Å². The first-order chi connectivity index (χ1) is 18.8. The number of benzene rings is 1. The van der Waals surface area contributed by atoms with E-state index in [0.717, 1.165) is 60.2 Å². The molecule has 1 aliphatic rings. The van der Waals surface area contributed by atoms with Gasteiger partial charge in [0.05, 0.1) is 0 Å². The molecule has 3 aromatic heterocycles. The second kappa shape index (κ2) is 11.2. The van der Waals surface area contributed by atoms with Crippen molar-refractivity contribution >= 4 is 28.7 Å². The molecular formula is C30H34N6O3. The molecule has 1 aromatic carbocycles. The molecule has 0 spiro atoms. The largest absolute Gasteiger partial charge is 0.480 e. The third-order valence-electron chi connectivity index (χ3n) is 7.53. The molecule has 1 saturated heterocycles. The van der Waals surface area contributed by atoms with Crippen LogP contribution < -0.4 is 5.32 Å². The molecule has 5 rings (SSSR count). The highest BCUT2D eigenvalue weighted by molar-refractivity contribution is 5.94. The van der Waals surface area contributed by atoms with Crippen LogP contribution in [0, 0.1) is 0 Å². The third-order valence-corrected chi connectivity index (χ3v) is 7.53. The number of aromatic nitrogens is 3. The topological polar surface area (TPSA) is 104 Å². The van der Waals surface area contributed by atoms with Gasteiger partial charge in [-0.05, 0) is 79.4 Å². The second-order valence-electron chi connectivity index (χ2n) is 10.3. The van der Waals surface area contributed by atoms with E-state index in [1.807, 2.05) is 30.5 Å². The molecule has 0 aliphatic carbocycles. The number of nitrogens with zero attached hydrogens (tertiary/aromatic N) is 5. The van der Waals surface area contributed by atoms with Gasteiger partial charge in [-0.3, -0.25) is 14.5 Å². The molecule has 0 unspecified atom stereocenters. The summed E-state index contributed by atoms with van der Waals surface area (Å²) in [5, 5.41) is 12.7. The van der Waals surface area contributed by atoms with Crippen molar-refractivity contribution in [2.45, 2.75) is 25.3 Å². The van der Waals surface area contributed by atoms with Crippen LogP contribution in [0.15, 0.2) is 60.9 Å². The molecule has 1 amide bonds. The van der Waals surface area contributed by atoms with Crippen LogP contribution >= 0.6 is 0 Å². The van der Waals surface area contributed by atoms with Crippen molar-refractivity contribution in [3.05, 3.63) is 77.7 Å². The lowest BCUT2D eigenvalue weighted by Crippen LogP contribution is -2.33. The van der Waals surface area contributed by atoms with Crippen LogP contribution in [0.2, 0.25) is 0 Å². The Bertz CT molecular complexity index is 1470. The van der Waals surface area contributed by atoms with E-state index in [4.69, 9.17) is 5.11 Å². The third kappa shape index (κ3) is 5.78. The van der Waals surface area contributed by atoms with E-state index >= 15 is 0 Å². The number of hydrogen-bond acceptors (Lipinski definition) is 6. The predicted molar refractivity (Wildman–Crippen MR) is 152 cm³/mol. The molecule has 0 saturated carbocycles. The van der Waals surface area contributed by atoms with Crippen LogP contribution in [-0.2, 0) is 18.4 Å². The number of hydrogen-bond donors (Lipinski definition) is 2. The molecule has 0 radical (unpaired) electrons. The lowest BCUT2D eigenvalue weighted by molar-refractivity contribution is -0.134. The molecule has 9 nitrogen and oxygen atoms in total. The van der Waals surface area contributed by atoms with Crippen molar-refractivity contribution in [3.8, 4) is 11.1 Å². The number of amides is 1.